The van der Waals surface area contributed by atoms with E-state index in [1.165, 1.54) is 5.56 Å². The fourth-order valence-corrected chi connectivity index (χ4v) is 2.59. The average Bonchev–Trinajstić information content (AvgIpc) is 2.64. The molecule has 0 aliphatic rings. The lowest BCUT2D eigenvalue weighted by Crippen LogP contribution is -2.17. The summed E-state index contributed by atoms with van der Waals surface area (Å²) in [7, 11) is 6.59. The molecule has 0 aromatic heterocycles. The molecular weight excluding hydrogens is 306 g/mol. The van der Waals surface area contributed by atoms with E-state index >= 15 is 0 Å². The van der Waals surface area contributed by atoms with Crippen molar-refractivity contribution in [2.45, 2.75) is 13.0 Å². The molecule has 0 aliphatic heterocycles. The SMILES string of the molecule is COc1ccccc1CCNCc1cc(OC)c(OC)cc1OC. The van der Waals surface area contributed by atoms with Crippen LogP contribution in [0, 0.1) is 0 Å². The minimum Gasteiger partial charge on any atom is -0.496 e. The molecule has 0 saturated heterocycles. The number of rotatable bonds is 9. The van der Waals surface area contributed by atoms with Crippen molar-refractivity contribution in [2.24, 2.45) is 0 Å². The Hall–Kier alpha value is -2.40. The quantitative estimate of drug-likeness (QED) is 0.716. The zero-order valence-electron chi connectivity index (χ0n) is 14.7. The van der Waals surface area contributed by atoms with E-state index in [0.29, 0.717) is 18.0 Å². The molecule has 0 amide bonds. The van der Waals surface area contributed by atoms with Crippen LogP contribution in [0.5, 0.6) is 23.0 Å². The fraction of sp³-hybridized carbons (Fsp3) is 0.368. The van der Waals surface area contributed by atoms with Crippen molar-refractivity contribution in [3.8, 4) is 23.0 Å². The molecule has 0 saturated carbocycles. The summed E-state index contributed by atoms with van der Waals surface area (Å²) in [5.41, 5.74) is 2.21. The van der Waals surface area contributed by atoms with Gasteiger partial charge in [0.2, 0.25) is 0 Å². The number of benzene rings is 2. The van der Waals surface area contributed by atoms with Crippen LogP contribution in [0.1, 0.15) is 11.1 Å². The molecule has 0 heterocycles. The number of hydrogen-bond acceptors (Lipinski definition) is 5. The van der Waals surface area contributed by atoms with Crippen molar-refractivity contribution >= 4 is 0 Å². The van der Waals surface area contributed by atoms with Crippen LogP contribution >= 0.6 is 0 Å². The molecule has 0 fully saturated rings. The van der Waals surface area contributed by atoms with Gasteiger partial charge in [-0.1, -0.05) is 18.2 Å². The first-order valence-electron chi connectivity index (χ1n) is 7.85. The van der Waals surface area contributed by atoms with Gasteiger partial charge in [0.25, 0.3) is 0 Å². The molecule has 2 aromatic carbocycles. The van der Waals surface area contributed by atoms with Gasteiger partial charge >= 0.3 is 0 Å². The summed E-state index contributed by atoms with van der Waals surface area (Å²) in [5, 5.41) is 3.43. The van der Waals surface area contributed by atoms with Crippen molar-refractivity contribution in [2.75, 3.05) is 35.0 Å². The van der Waals surface area contributed by atoms with Gasteiger partial charge in [0.05, 0.1) is 28.4 Å². The number of ether oxygens (including phenoxy) is 4. The van der Waals surface area contributed by atoms with Gasteiger partial charge in [-0.3, -0.25) is 0 Å². The van der Waals surface area contributed by atoms with Crippen LogP contribution in [-0.4, -0.2) is 35.0 Å². The highest BCUT2D eigenvalue weighted by molar-refractivity contribution is 5.50. The normalized spacial score (nSPS) is 10.3. The Bertz CT molecular complexity index is 658. The van der Waals surface area contributed by atoms with Crippen molar-refractivity contribution in [3.05, 3.63) is 47.5 Å². The highest BCUT2D eigenvalue weighted by atomic mass is 16.5. The van der Waals surface area contributed by atoms with E-state index in [-0.39, 0.29) is 0 Å². The highest BCUT2D eigenvalue weighted by Crippen LogP contribution is 2.34. The Kier molecular flexibility index (Phi) is 6.75. The predicted octanol–water partition coefficient (Wildman–Crippen LogP) is 3.05. The monoisotopic (exact) mass is 331 g/mol. The number of methoxy groups -OCH3 is 4. The lowest BCUT2D eigenvalue weighted by Gasteiger charge is -2.15. The zero-order chi connectivity index (χ0) is 17.4. The minimum absolute atomic E-state index is 0.659. The molecule has 0 bridgehead atoms. The molecule has 1 N–H and O–H groups in total. The maximum atomic E-state index is 5.44. The van der Waals surface area contributed by atoms with E-state index in [9.17, 15) is 0 Å². The van der Waals surface area contributed by atoms with E-state index in [2.05, 4.69) is 11.4 Å². The standard InChI is InChI=1S/C19H25NO4/c1-21-16-8-6-5-7-14(16)9-10-20-13-15-11-18(23-3)19(24-4)12-17(15)22-2/h5-8,11-12,20H,9-10,13H2,1-4H3. The smallest absolute Gasteiger partial charge is 0.164 e. The Morgan fingerprint density at radius 3 is 2.00 bits per heavy atom. The number of hydrogen-bond donors (Lipinski definition) is 1. The van der Waals surface area contributed by atoms with Gasteiger partial charge in [0, 0.05) is 18.2 Å². The summed E-state index contributed by atoms with van der Waals surface area (Å²) < 4.78 is 21.5. The van der Waals surface area contributed by atoms with Gasteiger partial charge < -0.3 is 24.3 Å². The van der Waals surface area contributed by atoms with Crippen LogP contribution in [-0.2, 0) is 13.0 Å². The van der Waals surface area contributed by atoms with Crippen LogP contribution in [0.4, 0.5) is 0 Å². The maximum Gasteiger partial charge on any atom is 0.164 e. The average molecular weight is 331 g/mol. The van der Waals surface area contributed by atoms with Gasteiger partial charge in [-0.05, 0) is 30.7 Å². The van der Waals surface area contributed by atoms with E-state index in [1.807, 2.05) is 30.3 Å². The molecule has 130 valence electrons. The van der Waals surface area contributed by atoms with Gasteiger partial charge in [0.15, 0.2) is 11.5 Å². The third-order valence-electron chi connectivity index (χ3n) is 3.87. The molecule has 5 nitrogen and oxygen atoms in total. The van der Waals surface area contributed by atoms with Gasteiger partial charge in [-0.25, -0.2) is 0 Å². The summed E-state index contributed by atoms with van der Waals surface area (Å²) >= 11 is 0. The Balaban J connectivity index is 1.99. The molecule has 0 unspecified atom stereocenters. The second kappa shape index (κ2) is 9.03. The molecule has 0 radical (unpaired) electrons. The molecule has 2 aromatic rings. The first-order chi connectivity index (χ1) is 11.7. The van der Waals surface area contributed by atoms with E-state index in [4.69, 9.17) is 18.9 Å². The molecule has 0 aliphatic carbocycles. The lowest BCUT2D eigenvalue weighted by molar-refractivity contribution is 0.347. The Labute approximate surface area is 143 Å². The molecule has 0 spiro atoms. The number of nitrogens with one attached hydrogen (secondary N) is 1. The Morgan fingerprint density at radius 1 is 0.708 bits per heavy atom. The van der Waals surface area contributed by atoms with Crippen molar-refractivity contribution in [1.29, 1.82) is 0 Å². The summed E-state index contributed by atoms with van der Waals surface area (Å²) in [5.74, 6) is 3.05. The molecular formula is C19H25NO4. The van der Waals surface area contributed by atoms with Gasteiger partial charge in [-0.2, -0.15) is 0 Å². The zero-order valence-corrected chi connectivity index (χ0v) is 14.7. The largest absolute Gasteiger partial charge is 0.496 e. The van der Waals surface area contributed by atoms with Gasteiger partial charge in [-0.15, -0.1) is 0 Å². The van der Waals surface area contributed by atoms with E-state index in [0.717, 1.165) is 30.0 Å². The second-order valence-corrected chi connectivity index (χ2v) is 5.26. The van der Waals surface area contributed by atoms with Crippen LogP contribution in [0.15, 0.2) is 36.4 Å². The highest BCUT2D eigenvalue weighted by Gasteiger charge is 2.11. The Morgan fingerprint density at radius 2 is 1.33 bits per heavy atom. The van der Waals surface area contributed by atoms with Crippen LogP contribution in [0.3, 0.4) is 0 Å². The molecule has 24 heavy (non-hydrogen) atoms. The second-order valence-electron chi connectivity index (χ2n) is 5.26. The van der Waals surface area contributed by atoms with Crippen LogP contribution in [0.2, 0.25) is 0 Å². The first-order valence-corrected chi connectivity index (χ1v) is 7.85. The van der Waals surface area contributed by atoms with Crippen LogP contribution in [0.25, 0.3) is 0 Å². The summed E-state index contributed by atoms with van der Waals surface area (Å²) in [4.78, 5) is 0. The third kappa shape index (κ3) is 4.32. The van der Waals surface area contributed by atoms with E-state index < -0.39 is 0 Å². The summed E-state index contributed by atoms with van der Waals surface area (Å²) in [6, 6.07) is 11.8. The first kappa shape index (κ1) is 17.9. The van der Waals surface area contributed by atoms with Crippen LogP contribution < -0.4 is 24.3 Å². The summed E-state index contributed by atoms with van der Waals surface area (Å²) in [6.07, 6.45) is 0.889. The molecule has 5 heteroatoms. The lowest BCUT2D eigenvalue weighted by atomic mass is 10.1. The van der Waals surface area contributed by atoms with Crippen molar-refractivity contribution in [3.63, 3.8) is 0 Å². The maximum absolute atomic E-state index is 5.44. The van der Waals surface area contributed by atoms with E-state index in [1.54, 1.807) is 28.4 Å². The fourth-order valence-electron chi connectivity index (χ4n) is 2.59. The van der Waals surface area contributed by atoms with Crippen molar-refractivity contribution < 1.29 is 18.9 Å². The number of para-hydroxylation sites is 1. The minimum atomic E-state index is 0.659. The third-order valence-corrected chi connectivity index (χ3v) is 3.87. The summed E-state index contributed by atoms with van der Waals surface area (Å²) in [6.45, 7) is 1.51. The molecule has 2 rings (SSSR count). The van der Waals surface area contributed by atoms with Gasteiger partial charge in [0.1, 0.15) is 11.5 Å². The predicted molar refractivity (Wildman–Crippen MR) is 94.5 cm³/mol. The van der Waals surface area contributed by atoms with Crippen molar-refractivity contribution in [1.82, 2.24) is 5.32 Å². The topological polar surface area (TPSA) is 49.0 Å². The molecule has 0 atom stereocenters.